The Labute approximate surface area is 329 Å². The molecule has 19 nitrogen and oxygen atoms in total. The largest absolute Gasteiger partial charge is 0.465 e. The number of rotatable bonds is 18. The van der Waals surface area contributed by atoms with E-state index in [0.717, 1.165) is 59.6 Å². The maximum atomic E-state index is 14.8. The van der Waals surface area contributed by atoms with Crippen LogP contribution in [0.3, 0.4) is 0 Å². The summed E-state index contributed by atoms with van der Waals surface area (Å²) in [5.74, 6) is -2.97. The maximum absolute atomic E-state index is 14.8. The van der Waals surface area contributed by atoms with Gasteiger partial charge in [-0.15, -0.1) is 21.0 Å². The van der Waals surface area contributed by atoms with Crippen molar-refractivity contribution in [3.05, 3.63) is 76.2 Å². The van der Waals surface area contributed by atoms with Crippen LogP contribution in [-0.2, 0) is 29.6 Å². The Morgan fingerprint density at radius 2 is 1.48 bits per heavy atom. The molecule has 3 aromatic rings. The summed E-state index contributed by atoms with van der Waals surface area (Å²) < 4.78 is 54.1. The molecule has 22 heteroatoms. The van der Waals surface area contributed by atoms with Gasteiger partial charge in [0.1, 0.15) is 6.04 Å². The van der Waals surface area contributed by atoms with E-state index in [4.69, 9.17) is 10.8 Å². The van der Waals surface area contributed by atoms with E-state index in [1.165, 1.54) is 49.9 Å². The van der Waals surface area contributed by atoms with Gasteiger partial charge in [0.25, 0.3) is 31.9 Å². The first-order valence-corrected chi connectivity index (χ1v) is 20.9. The highest BCUT2D eigenvalue weighted by molar-refractivity contribution is 7.89. The number of aromatic nitrogens is 1. The van der Waals surface area contributed by atoms with Crippen LogP contribution in [0.1, 0.15) is 40.2 Å². The molecule has 4 amide bonds. The van der Waals surface area contributed by atoms with Crippen LogP contribution in [0, 0.1) is 24.7 Å². The highest BCUT2D eigenvalue weighted by atomic mass is 32.2. The number of carbonyl (C=O) groups excluding carboxylic acids is 3. The summed E-state index contributed by atoms with van der Waals surface area (Å²) >= 11 is 0.941. The van der Waals surface area contributed by atoms with Crippen molar-refractivity contribution in [2.45, 2.75) is 61.2 Å². The number of carbonyl (C=O) groups is 4. The summed E-state index contributed by atoms with van der Waals surface area (Å²) in [6.45, 7) is 2.37. The molecule has 1 unspecified atom stereocenters. The second-order valence-electron chi connectivity index (χ2n) is 12.8. The Balaban J connectivity index is 1.81. The van der Waals surface area contributed by atoms with E-state index in [-0.39, 0.29) is 40.6 Å². The second-order valence-corrected chi connectivity index (χ2v) is 17.1. The van der Waals surface area contributed by atoms with Crippen molar-refractivity contribution in [1.82, 2.24) is 39.4 Å². The highest BCUT2D eigenvalue weighted by Gasteiger charge is 2.50. The van der Waals surface area contributed by atoms with E-state index >= 15 is 0 Å². The van der Waals surface area contributed by atoms with Gasteiger partial charge < -0.3 is 20.8 Å². The van der Waals surface area contributed by atoms with Crippen LogP contribution in [0.2, 0.25) is 0 Å². The average molecular weight is 833 g/mol. The summed E-state index contributed by atoms with van der Waals surface area (Å²) in [7, 11) is -6.29. The molecule has 4 rings (SSSR count). The SMILES string of the molecule is Cc1ccc(S(=O)(=O)NN(C)C(CC=N)[C@H]2C(=O)N([C@H](C(=O)N(CCCC=N)C(=O)c3nccs3)N(C)NS(=O)(=O)c3ccc(C)cc3)CCN2C(=O)O)cc1. The molecule has 0 spiro atoms. The van der Waals surface area contributed by atoms with Crippen LogP contribution in [-0.4, -0.2) is 140 Å². The molecule has 1 fully saturated rings. The third kappa shape index (κ3) is 10.3. The molecule has 1 aliphatic rings. The fraction of sp³-hybridized carbons (Fsp3) is 0.382. The first-order chi connectivity index (χ1) is 26.4. The zero-order chi connectivity index (χ0) is 41.4. The monoisotopic (exact) mass is 832 g/mol. The molecule has 0 bridgehead atoms. The number of aryl methyl sites for hydroxylation is 2. The van der Waals surface area contributed by atoms with Gasteiger partial charge in [0.2, 0.25) is 5.91 Å². The van der Waals surface area contributed by atoms with Crippen LogP contribution in [0.25, 0.3) is 0 Å². The number of nitrogens with zero attached hydrogens (tertiary/aromatic N) is 6. The number of hydrazine groups is 2. The van der Waals surface area contributed by atoms with Crippen LogP contribution in [0.15, 0.2) is 69.9 Å². The van der Waals surface area contributed by atoms with Crippen molar-refractivity contribution in [3.63, 3.8) is 0 Å². The number of hydrogen-bond donors (Lipinski definition) is 5. The summed E-state index contributed by atoms with van der Waals surface area (Å²) in [4.78, 5) is 66.8. The van der Waals surface area contributed by atoms with Gasteiger partial charge in [-0.25, -0.2) is 36.6 Å². The third-order valence-electron chi connectivity index (χ3n) is 8.85. The van der Waals surface area contributed by atoms with Crippen LogP contribution in [0.5, 0.6) is 0 Å². The first-order valence-electron chi connectivity index (χ1n) is 17.1. The van der Waals surface area contributed by atoms with Gasteiger partial charge in [-0.1, -0.05) is 35.4 Å². The molecule has 3 atom stereocenters. The Morgan fingerprint density at radius 1 is 0.929 bits per heavy atom. The lowest BCUT2D eigenvalue weighted by molar-refractivity contribution is -0.161. The minimum absolute atomic E-state index is 0.0803. The molecule has 2 heterocycles. The molecule has 0 radical (unpaired) electrons. The number of nitrogens with one attached hydrogen (secondary N) is 4. The molecule has 2 aromatic carbocycles. The predicted octanol–water partition coefficient (Wildman–Crippen LogP) is 1.73. The van der Waals surface area contributed by atoms with Crippen LogP contribution in [0.4, 0.5) is 4.79 Å². The van der Waals surface area contributed by atoms with E-state index in [0.29, 0.717) is 0 Å². The fourth-order valence-electron chi connectivity index (χ4n) is 6.01. The molecule has 1 aliphatic heterocycles. The lowest BCUT2D eigenvalue weighted by Crippen LogP contribution is -2.72. The van der Waals surface area contributed by atoms with Gasteiger partial charge in [0, 0.05) is 51.7 Å². The number of sulfonamides is 2. The van der Waals surface area contributed by atoms with E-state index in [1.54, 1.807) is 38.1 Å². The van der Waals surface area contributed by atoms with Crippen molar-refractivity contribution < 1.29 is 41.1 Å². The van der Waals surface area contributed by atoms with E-state index < -0.39 is 75.2 Å². The quantitative estimate of drug-likeness (QED) is 0.0698. The normalized spacial score (nSPS) is 16.1. The minimum atomic E-state index is -4.42. The molecule has 0 saturated carbocycles. The number of carboxylic acid groups (broad SMARTS) is 1. The van der Waals surface area contributed by atoms with Crippen LogP contribution >= 0.6 is 11.3 Å². The lowest BCUT2D eigenvalue weighted by Gasteiger charge is -2.47. The Morgan fingerprint density at radius 3 is 1.96 bits per heavy atom. The number of benzene rings is 2. The zero-order valence-electron chi connectivity index (χ0n) is 31.0. The van der Waals surface area contributed by atoms with Crippen molar-refractivity contribution in [3.8, 4) is 0 Å². The van der Waals surface area contributed by atoms with Gasteiger partial charge in [0.15, 0.2) is 11.2 Å². The summed E-state index contributed by atoms with van der Waals surface area (Å²) in [5, 5.41) is 28.9. The molecule has 56 heavy (non-hydrogen) atoms. The first kappa shape index (κ1) is 43.8. The van der Waals surface area contributed by atoms with Gasteiger partial charge >= 0.3 is 6.09 Å². The Kier molecular flexibility index (Phi) is 14.7. The van der Waals surface area contributed by atoms with E-state index in [1.807, 2.05) is 0 Å². The summed E-state index contributed by atoms with van der Waals surface area (Å²) in [5.41, 5.74) is 1.56. The standard InChI is InChI=1S/C34H44N10O9S3/c1-23-7-11-25(12-8-23)55(50,51)38-40(3)27(15-17-36)28-31(45)43(21-20-42(28)34(48)49)30(41(4)39-56(52,53)26-13-9-24(2)10-14-26)33(47)44(19-6-5-16-35)32(46)29-37-18-22-54-29/h7-14,16-18,22,27-28,30,35-36,38-39H,5-6,15,19-21H2,1-4H3,(H,48,49)/t27?,28-,30+/m0/s1. The topological polar surface area (TPSA) is 258 Å². The smallest absolute Gasteiger partial charge is 0.408 e. The molecule has 0 aliphatic carbocycles. The molecule has 1 saturated heterocycles. The number of piperazine rings is 1. The molecule has 1 aromatic heterocycles. The lowest BCUT2D eigenvalue weighted by atomic mass is 9.99. The van der Waals surface area contributed by atoms with Gasteiger partial charge in [-0.2, -0.15) is 0 Å². The molecular weight excluding hydrogens is 789 g/mol. The predicted molar refractivity (Wildman–Crippen MR) is 206 cm³/mol. The second kappa shape index (κ2) is 18.8. The van der Waals surface area contributed by atoms with Gasteiger partial charge in [0.05, 0.1) is 15.8 Å². The Bertz CT molecular complexity index is 2120. The third-order valence-corrected chi connectivity index (χ3v) is 12.5. The zero-order valence-corrected chi connectivity index (χ0v) is 33.5. The molecule has 302 valence electrons. The minimum Gasteiger partial charge on any atom is -0.465 e. The van der Waals surface area contributed by atoms with E-state index in [2.05, 4.69) is 14.6 Å². The summed E-state index contributed by atoms with van der Waals surface area (Å²) in [6.07, 6.45) is -0.218. The number of likely N-dealkylation sites (N-methyl/N-ethyl adjacent to an activating group) is 2. The number of amides is 4. The average Bonchev–Trinajstić information content (AvgIpc) is 3.68. The number of thiazole rings is 1. The Hall–Kier alpha value is -4.97. The van der Waals surface area contributed by atoms with E-state index in [9.17, 15) is 41.1 Å². The number of imide groups is 1. The fourth-order valence-corrected chi connectivity index (χ4v) is 8.79. The molecule has 5 N–H and O–H groups in total. The maximum Gasteiger partial charge on any atom is 0.408 e. The van der Waals surface area contributed by atoms with Gasteiger partial charge in [-0.05, 0) is 63.4 Å². The van der Waals surface area contributed by atoms with Crippen molar-refractivity contribution in [2.75, 3.05) is 33.7 Å². The van der Waals surface area contributed by atoms with Crippen molar-refractivity contribution in [1.29, 1.82) is 10.8 Å². The number of unbranched alkanes of at least 4 members (excludes halogenated alkanes) is 1. The van der Waals surface area contributed by atoms with Crippen LogP contribution < -0.4 is 9.66 Å². The van der Waals surface area contributed by atoms with Gasteiger partial charge in [-0.3, -0.25) is 24.2 Å². The van der Waals surface area contributed by atoms with Crippen molar-refractivity contribution in [2.24, 2.45) is 0 Å². The highest BCUT2D eigenvalue weighted by Crippen LogP contribution is 2.25. The molecular formula is C34H44N10O9S3. The van der Waals surface area contributed by atoms with Crippen molar-refractivity contribution >= 4 is 67.6 Å². The number of hydrogen-bond acceptors (Lipinski definition) is 14. The summed E-state index contributed by atoms with van der Waals surface area (Å²) in [6, 6.07) is 8.52.